The molecule has 0 spiro atoms. The molecule has 0 fully saturated rings. The van der Waals surface area contributed by atoms with Crippen LogP contribution in [0.5, 0.6) is 0 Å². The fourth-order valence-electron chi connectivity index (χ4n) is 2.54. The van der Waals surface area contributed by atoms with Gasteiger partial charge in [0.05, 0.1) is 22.6 Å². The molecule has 0 atom stereocenters. The van der Waals surface area contributed by atoms with Crippen molar-refractivity contribution < 1.29 is 9.21 Å². The molecule has 3 rings (SSSR count). The molecule has 0 N–H and O–H groups in total. The number of pyridine rings is 1. The molecule has 0 amide bonds. The van der Waals surface area contributed by atoms with Crippen LogP contribution in [0.2, 0.25) is 0 Å². The molecule has 112 valence electrons. The molecular weight excluding hydrogens is 294 g/mol. The van der Waals surface area contributed by atoms with Gasteiger partial charge < -0.3 is 4.42 Å². The molecule has 2 aromatic heterocycles. The first-order valence-corrected chi connectivity index (χ1v) is 8.11. The second-order valence-corrected chi connectivity index (χ2v) is 6.44. The zero-order valence-corrected chi connectivity index (χ0v) is 13.7. The Morgan fingerprint density at radius 1 is 1.18 bits per heavy atom. The number of carbonyl (C=O) groups excluding carboxylic acids is 1. The van der Waals surface area contributed by atoms with Crippen molar-refractivity contribution >= 4 is 28.4 Å². The summed E-state index contributed by atoms with van der Waals surface area (Å²) in [5, 5.41) is 2.05. The first-order valence-electron chi connectivity index (χ1n) is 7.12. The maximum absolute atomic E-state index is 12.0. The minimum atomic E-state index is -0.0184. The monoisotopic (exact) mass is 311 g/mol. The molecule has 0 saturated heterocycles. The van der Waals surface area contributed by atoms with Gasteiger partial charge in [-0.05, 0) is 56.2 Å². The molecule has 0 bridgehead atoms. The van der Waals surface area contributed by atoms with Gasteiger partial charge in [-0.15, -0.1) is 0 Å². The lowest BCUT2D eigenvalue weighted by Crippen LogP contribution is -2.01. The number of ketones is 1. The number of thioether (sulfide) groups is 1. The van der Waals surface area contributed by atoms with E-state index in [2.05, 4.69) is 32.9 Å². The van der Waals surface area contributed by atoms with E-state index in [-0.39, 0.29) is 5.78 Å². The largest absolute Gasteiger partial charge is 0.461 e. The van der Waals surface area contributed by atoms with Crippen LogP contribution in [0, 0.1) is 20.8 Å². The lowest BCUT2D eigenvalue weighted by atomic mass is 10.0. The van der Waals surface area contributed by atoms with Gasteiger partial charge in [0.2, 0.25) is 5.78 Å². The molecule has 3 aromatic rings. The number of hydrogen-bond donors (Lipinski definition) is 0. The van der Waals surface area contributed by atoms with Crippen molar-refractivity contribution in [2.75, 3.05) is 5.75 Å². The van der Waals surface area contributed by atoms with Gasteiger partial charge in [-0.25, -0.2) is 4.98 Å². The van der Waals surface area contributed by atoms with Crippen LogP contribution in [-0.2, 0) is 0 Å². The van der Waals surface area contributed by atoms with E-state index in [9.17, 15) is 4.79 Å². The normalized spacial score (nSPS) is 11.0. The summed E-state index contributed by atoms with van der Waals surface area (Å²) in [6.07, 6.45) is 1.52. The molecule has 0 aliphatic carbocycles. The summed E-state index contributed by atoms with van der Waals surface area (Å²) in [4.78, 5) is 16.7. The number of benzene rings is 1. The number of furan rings is 1. The standard InChI is InChI=1S/C18H17NO2S/c1-11-7-13(3)18-14(8-11)12(2)9-17(19-18)22-10-15(20)16-5-4-6-21-16/h4-9H,10H2,1-3H3. The Labute approximate surface area is 133 Å². The maximum atomic E-state index is 12.0. The molecule has 0 aliphatic heterocycles. The number of nitrogens with zero attached hydrogens (tertiary/aromatic N) is 1. The third kappa shape index (κ3) is 2.92. The van der Waals surface area contributed by atoms with E-state index < -0.39 is 0 Å². The number of hydrogen-bond acceptors (Lipinski definition) is 4. The number of Topliss-reactive ketones (excluding diaryl/α,β-unsaturated/α-hetero) is 1. The van der Waals surface area contributed by atoms with Crippen molar-refractivity contribution in [3.63, 3.8) is 0 Å². The first kappa shape index (κ1) is 14.9. The van der Waals surface area contributed by atoms with Gasteiger partial charge >= 0.3 is 0 Å². The SMILES string of the molecule is Cc1cc(C)c2nc(SCC(=O)c3ccco3)cc(C)c2c1. The van der Waals surface area contributed by atoms with Gasteiger partial charge in [-0.3, -0.25) is 4.79 Å². The number of fused-ring (bicyclic) bond motifs is 1. The van der Waals surface area contributed by atoms with E-state index >= 15 is 0 Å². The minimum absolute atomic E-state index is 0.0184. The predicted octanol–water partition coefficient (Wildman–Crippen LogP) is 4.73. The number of aromatic nitrogens is 1. The second-order valence-electron chi connectivity index (χ2n) is 5.44. The van der Waals surface area contributed by atoms with Crippen molar-refractivity contribution in [1.82, 2.24) is 4.98 Å². The van der Waals surface area contributed by atoms with Gasteiger partial charge in [0, 0.05) is 5.39 Å². The van der Waals surface area contributed by atoms with E-state index in [1.54, 1.807) is 12.1 Å². The topological polar surface area (TPSA) is 43.1 Å². The van der Waals surface area contributed by atoms with Gasteiger partial charge in [0.1, 0.15) is 0 Å². The van der Waals surface area contributed by atoms with Crippen LogP contribution >= 0.6 is 11.8 Å². The molecule has 0 aliphatic rings. The molecule has 0 unspecified atom stereocenters. The third-order valence-electron chi connectivity index (χ3n) is 3.58. The number of aryl methyl sites for hydroxylation is 3. The minimum Gasteiger partial charge on any atom is -0.461 e. The van der Waals surface area contributed by atoms with E-state index in [1.165, 1.54) is 34.5 Å². The summed E-state index contributed by atoms with van der Waals surface area (Å²) >= 11 is 1.45. The Morgan fingerprint density at radius 3 is 2.73 bits per heavy atom. The summed E-state index contributed by atoms with van der Waals surface area (Å²) in [5.74, 6) is 0.711. The van der Waals surface area contributed by atoms with Gasteiger partial charge in [-0.1, -0.05) is 23.4 Å². The van der Waals surface area contributed by atoms with E-state index in [0.717, 1.165) is 16.1 Å². The molecule has 2 heterocycles. The quantitative estimate of drug-likeness (QED) is 0.516. The summed E-state index contributed by atoms with van der Waals surface area (Å²) in [5.41, 5.74) is 4.60. The van der Waals surface area contributed by atoms with Crippen LogP contribution in [0.15, 0.2) is 46.0 Å². The lowest BCUT2D eigenvalue weighted by Gasteiger charge is -2.09. The highest BCUT2D eigenvalue weighted by Crippen LogP contribution is 2.27. The number of rotatable bonds is 4. The van der Waals surface area contributed by atoms with Gasteiger partial charge in [-0.2, -0.15) is 0 Å². The Balaban J connectivity index is 1.87. The van der Waals surface area contributed by atoms with Crippen LogP contribution in [0.3, 0.4) is 0 Å². The van der Waals surface area contributed by atoms with Crippen molar-refractivity contribution in [3.05, 3.63) is 59.0 Å². The fourth-order valence-corrected chi connectivity index (χ4v) is 3.37. The second kappa shape index (κ2) is 5.97. The summed E-state index contributed by atoms with van der Waals surface area (Å²) < 4.78 is 5.13. The van der Waals surface area contributed by atoms with E-state index in [1.807, 2.05) is 6.07 Å². The highest BCUT2D eigenvalue weighted by atomic mass is 32.2. The zero-order chi connectivity index (χ0) is 15.7. The summed E-state index contributed by atoms with van der Waals surface area (Å²) in [7, 11) is 0. The smallest absolute Gasteiger partial charge is 0.208 e. The fraction of sp³-hybridized carbons (Fsp3) is 0.222. The molecule has 1 aromatic carbocycles. The third-order valence-corrected chi connectivity index (χ3v) is 4.49. The molecule has 3 nitrogen and oxygen atoms in total. The van der Waals surface area contributed by atoms with Crippen LogP contribution in [0.1, 0.15) is 27.2 Å². The van der Waals surface area contributed by atoms with E-state index in [4.69, 9.17) is 9.40 Å². The Kier molecular flexibility index (Phi) is 4.03. The Morgan fingerprint density at radius 2 is 2.00 bits per heavy atom. The van der Waals surface area contributed by atoms with Crippen LogP contribution in [-0.4, -0.2) is 16.5 Å². The van der Waals surface area contributed by atoms with Crippen LogP contribution in [0.4, 0.5) is 0 Å². The predicted molar refractivity (Wildman–Crippen MR) is 89.7 cm³/mol. The van der Waals surface area contributed by atoms with Gasteiger partial charge in [0.25, 0.3) is 0 Å². The summed E-state index contributed by atoms with van der Waals surface area (Å²) in [6, 6.07) is 9.75. The zero-order valence-electron chi connectivity index (χ0n) is 12.8. The Bertz CT molecular complexity index is 838. The molecule has 4 heteroatoms. The van der Waals surface area contributed by atoms with Crippen molar-refractivity contribution in [2.24, 2.45) is 0 Å². The molecular formula is C18H17NO2S. The highest BCUT2D eigenvalue weighted by molar-refractivity contribution is 7.99. The van der Waals surface area contributed by atoms with Crippen molar-refractivity contribution in [1.29, 1.82) is 0 Å². The average Bonchev–Trinajstić information content (AvgIpc) is 3.00. The van der Waals surface area contributed by atoms with E-state index in [0.29, 0.717) is 11.5 Å². The number of carbonyl (C=O) groups is 1. The first-order chi connectivity index (χ1) is 10.5. The van der Waals surface area contributed by atoms with Crippen molar-refractivity contribution in [3.8, 4) is 0 Å². The Hall–Kier alpha value is -2.07. The van der Waals surface area contributed by atoms with Crippen LogP contribution in [0.25, 0.3) is 10.9 Å². The van der Waals surface area contributed by atoms with Crippen LogP contribution < -0.4 is 0 Å². The average molecular weight is 311 g/mol. The van der Waals surface area contributed by atoms with Gasteiger partial charge in [0.15, 0.2) is 5.76 Å². The molecule has 0 saturated carbocycles. The molecule has 22 heavy (non-hydrogen) atoms. The molecule has 0 radical (unpaired) electrons. The highest BCUT2D eigenvalue weighted by Gasteiger charge is 2.11. The lowest BCUT2D eigenvalue weighted by molar-refractivity contribution is 0.0992. The maximum Gasteiger partial charge on any atom is 0.208 e. The summed E-state index contributed by atoms with van der Waals surface area (Å²) in [6.45, 7) is 6.25. The van der Waals surface area contributed by atoms with Crippen molar-refractivity contribution in [2.45, 2.75) is 25.8 Å².